The number of aromatic hydroxyl groups is 1. The molecule has 0 atom stereocenters. The minimum atomic E-state index is -2.99. The highest BCUT2D eigenvalue weighted by Crippen LogP contribution is 2.23. The lowest BCUT2D eigenvalue weighted by atomic mass is 10.1. The number of pyridine rings is 1. The highest BCUT2D eigenvalue weighted by Gasteiger charge is 2.26. The van der Waals surface area contributed by atoms with Crippen LogP contribution in [-0.2, 0) is 13.5 Å². The van der Waals surface area contributed by atoms with Gasteiger partial charge in [0.25, 0.3) is 5.92 Å². The van der Waals surface area contributed by atoms with Gasteiger partial charge in [-0.25, -0.2) is 8.78 Å². The number of alkyl halides is 2. The second-order valence-electron chi connectivity index (χ2n) is 3.46. The molecule has 3 nitrogen and oxygen atoms in total. The third-order valence-electron chi connectivity index (χ3n) is 1.92. The van der Waals surface area contributed by atoms with Gasteiger partial charge in [0.05, 0.1) is 12.1 Å². The Bertz CT molecular complexity index is 437. The van der Waals surface area contributed by atoms with Gasteiger partial charge in [-0.2, -0.15) is 0 Å². The van der Waals surface area contributed by atoms with Crippen LogP contribution in [0, 0.1) is 0 Å². The Morgan fingerprint density at radius 3 is 2.60 bits per heavy atom. The maximum absolute atomic E-state index is 12.7. The number of aryl methyl sites for hydroxylation is 1. The zero-order chi connectivity index (χ0) is 11.8. The third kappa shape index (κ3) is 2.68. The second kappa shape index (κ2) is 3.81. The van der Waals surface area contributed by atoms with Crippen LogP contribution in [-0.4, -0.2) is 15.6 Å². The zero-order valence-corrected chi connectivity index (χ0v) is 8.98. The molecule has 1 aromatic heterocycles. The van der Waals surface area contributed by atoms with Crippen LogP contribution in [0.2, 0.25) is 5.02 Å². The minimum absolute atomic E-state index is 0.128. The lowest BCUT2D eigenvalue weighted by Crippen LogP contribution is -2.20. The first-order chi connectivity index (χ1) is 6.72. The maximum atomic E-state index is 12.7. The van der Waals surface area contributed by atoms with Gasteiger partial charge in [0.2, 0.25) is 5.43 Å². The molecule has 0 bridgehead atoms. The molecule has 0 fully saturated rings. The molecule has 1 rings (SSSR count). The fourth-order valence-electron chi connectivity index (χ4n) is 1.22. The van der Waals surface area contributed by atoms with Gasteiger partial charge in [-0.15, -0.1) is 0 Å². The number of nitrogens with zero attached hydrogens (tertiary/aromatic N) is 1. The largest absolute Gasteiger partial charge is 0.503 e. The van der Waals surface area contributed by atoms with E-state index >= 15 is 0 Å². The van der Waals surface area contributed by atoms with Gasteiger partial charge in [-0.1, -0.05) is 11.6 Å². The quantitative estimate of drug-likeness (QED) is 0.854. The molecule has 15 heavy (non-hydrogen) atoms. The van der Waals surface area contributed by atoms with E-state index in [1.165, 1.54) is 17.8 Å². The topological polar surface area (TPSA) is 42.2 Å². The van der Waals surface area contributed by atoms with Gasteiger partial charge in [-0.05, 0) is 6.92 Å². The molecule has 1 heterocycles. The molecule has 6 heteroatoms. The molecular formula is C9H10ClF2NO2. The first kappa shape index (κ1) is 12.0. The van der Waals surface area contributed by atoms with E-state index < -0.39 is 23.5 Å². The SMILES string of the molecule is Cn1cc(Cl)c(=O)c(O)c1CC(C)(F)F. The molecule has 0 aliphatic heterocycles. The van der Waals surface area contributed by atoms with E-state index in [4.69, 9.17) is 11.6 Å². The van der Waals surface area contributed by atoms with Gasteiger partial charge in [0, 0.05) is 13.2 Å². The van der Waals surface area contributed by atoms with Crippen molar-refractivity contribution in [2.75, 3.05) is 0 Å². The van der Waals surface area contributed by atoms with Gasteiger partial charge in [-0.3, -0.25) is 4.79 Å². The Kier molecular flexibility index (Phi) is 3.04. The predicted octanol–water partition coefficient (Wildman–Crippen LogP) is 1.94. The summed E-state index contributed by atoms with van der Waals surface area (Å²) in [6.07, 6.45) is 0.492. The van der Waals surface area contributed by atoms with Crippen molar-refractivity contribution in [2.24, 2.45) is 7.05 Å². The summed E-state index contributed by atoms with van der Waals surface area (Å²) < 4.78 is 26.7. The van der Waals surface area contributed by atoms with Crippen LogP contribution >= 0.6 is 11.6 Å². The predicted molar refractivity (Wildman–Crippen MR) is 52.7 cm³/mol. The normalized spacial score (nSPS) is 11.8. The molecule has 0 aliphatic rings. The van der Waals surface area contributed by atoms with E-state index in [-0.39, 0.29) is 10.7 Å². The molecule has 0 unspecified atom stereocenters. The van der Waals surface area contributed by atoms with Crippen molar-refractivity contribution in [3.05, 3.63) is 27.1 Å². The van der Waals surface area contributed by atoms with Crippen molar-refractivity contribution >= 4 is 11.6 Å². The highest BCUT2D eigenvalue weighted by molar-refractivity contribution is 6.30. The Hall–Kier alpha value is -1.10. The molecule has 0 aliphatic carbocycles. The van der Waals surface area contributed by atoms with E-state index in [9.17, 15) is 18.7 Å². The molecule has 0 spiro atoms. The van der Waals surface area contributed by atoms with Crippen molar-refractivity contribution < 1.29 is 13.9 Å². The lowest BCUT2D eigenvalue weighted by Gasteiger charge is -2.15. The molecule has 0 saturated carbocycles. The fourth-order valence-corrected chi connectivity index (χ4v) is 1.46. The molecule has 0 radical (unpaired) electrons. The highest BCUT2D eigenvalue weighted by atomic mass is 35.5. The summed E-state index contributed by atoms with van der Waals surface area (Å²) in [4.78, 5) is 11.2. The molecule has 1 N–H and O–H groups in total. The van der Waals surface area contributed by atoms with Crippen molar-refractivity contribution in [1.29, 1.82) is 0 Å². The molecule has 84 valence electrons. The third-order valence-corrected chi connectivity index (χ3v) is 2.19. The van der Waals surface area contributed by atoms with Gasteiger partial charge >= 0.3 is 0 Å². The van der Waals surface area contributed by atoms with Crippen LogP contribution in [0.3, 0.4) is 0 Å². The zero-order valence-electron chi connectivity index (χ0n) is 8.22. The monoisotopic (exact) mass is 237 g/mol. The van der Waals surface area contributed by atoms with E-state index in [0.717, 1.165) is 0 Å². The van der Waals surface area contributed by atoms with E-state index in [0.29, 0.717) is 6.92 Å². The number of halogens is 3. The molecular weight excluding hydrogens is 228 g/mol. The molecule has 1 aromatic rings. The van der Waals surface area contributed by atoms with Gasteiger partial charge < -0.3 is 9.67 Å². The van der Waals surface area contributed by atoms with E-state index in [1.54, 1.807) is 0 Å². The summed E-state index contributed by atoms with van der Waals surface area (Å²) in [7, 11) is 1.44. The number of aromatic nitrogens is 1. The van der Waals surface area contributed by atoms with Crippen LogP contribution in [0.15, 0.2) is 11.0 Å². The number of rotatable bonds is 2. The summed E-state index contributed by atoms with van der Waals surface area (Å²) in [5.74, 6) is -3.71. The van der Waals surface area contributed by atoms with Crippen molar-refractivity contribution in [3.8, 4) is 5.75 Å². The number of hydrogen-bond donors (Lipinski definition) is 1. The van der Waals surface area contributed by atoms with Gasteiger partial charge in [0.1, 0.15) is 5.02 Å². The van der Waals surface area contributed by atoms with Gasteiger partial charge in [0.15, 0.2) is 5.75 Å². The van der Waals surface area contributed by atoms with Crippen molar-refractivity contribution in [1.82, 2.24) is 4.57 Å². The summed E-state index contributed by atoms with van der Waals surface area (Å²) in [5, 5.41) is 9.18. The Labute approximate surface area is 89.9 Å². The molecule has 0 amide bonds. The second-order valence-corrected chi connectivity index (χ2v) is 3.87. The molecule has 0 saturated heterocycles. The standard InChI is InChI=1S/C9H10ClF2NO2/c1-9(11,12)3-6-8(15)7(14)5(10)4-13(6)2/h4,15H,3H2,1-2H3. The van der Waals surface area contributed by atoms with Crippen LogP contribution in [0.5, 0.6) is 5.75 Å². The fraction of sp³-hybridized carbons (Fsp3) is 0.444. The summed E-state index contributed by atoms with van der Waals surface area (Å²) in [5.41, 5.74) is -0.953. The average Bonchev–Trinajstić information content (AvgIpc) is 2.07. The smallest absolute Gasteiger partial charge is 0.250 e. The van der Waals surface area contributed by atoms with Crippen molar-refractivity contribution in [2.45, 2.75) is 19.3 Å². The van der Waals surface area contributed by atoms with Crippen LogP contribution in [0.25, 0.3) is 0 Å². The summed E-state index contributed by atoms with van der Waals surface area (Å²) in [6, 6.07) is 0. The Balaban J connectivity index is 3.31. The summed E-state index contributed by atoms with van der Waals surface area (Å²) in [6.45, 7) is 0.714. The Morgan fingerprint density at radius 1 is 1.60 bits per heavy atom. The first-order valence-electron chi connectivity index (χ1n) is 4.17. The van der Waals surface area contributed by atoms with Crippen molar-refractivity contribution in [3.63, 3.8) is 0 Å². The van der Waals surface area contributed by atoms with Crippen LogP contribution in [0.4, 0.5) is 8.78 Å². The van der Waals surface area contributed by atoms with E-state index in [2.05, 4.69) is 0 Å². The number of hydrogen-bond acceptors (Lipinski definition) is 2. The van der Waals surface area contributed by atoms with Crippen LogP contribution in [0.1, 0.15) is 12.6 Å². The summed E-state index contributed by atoms with van der Waals surface area (Å²) >= 11 is 5.48. The first-order valence-corrected chi connectivity index (χ1v) is 4.55. The Morgan fingerprint density at radius 2 is 2.13 bits per heavy atom. The minimum Gasteiger partial charge on any atom is -0.503 e. The van der Waals surface area contributed by atoms with Crippen LogP contribution < -0.4 is 5.43 Å². The maximum Gasteiger partial charge on any atom is 0.250 e. The van der Waals surface area contributed by atoms with E-state index in [1.807, 2.05) is 0 Å². The average molecular weight is 238 g/mol. The molecule has 0 aromatic carbocycles. The lowest BCUT2D eigenvalue weighted by molar-refractivity contribution is 0.0201.